The molecule has 1 radical (unpaired) electrons. The van der Waals surface area contributed by atoms with Crippen LogP contribution in [0.25, 0.3) is 11.1 Å². The van der Waals surface area contributed by atoms with Crippen molar-refractivity contribution >= 4 is 0 Å². The Kier molecular flexibility index (Phi) is 6.83. The highest BCUT2D eigenvalue weighted by atomic mass is 19.1. The van der Waals surface area contributed by atoms with Gasteiger partial charge in [0.1, 0.15) is 6.17 Å². The summed E-state index contributed by atoms with van der Waals surface area (Å²) in [6.07, 6.45) is 4.48. The van der Waals surface area contributed by atoms with Crippen LogP contribution < -0.4 is 0 Å². The summed E-state index contributed by atoms with van der Waals surface area (Å²) in [6, 6.07) is 17.4. The molecule has 0 fully saturated rings. The molecule has 0 heterocycles. The number of halogens is 1. The zero-order chi connectivity index (χ0) is 16.7. The molecule has 0 bridgehead atoms. The van der Waals surface area contributed by atoms with E-state index in [0.717, 1.165) is 0 Å². The Bertz CT molecular complexity index is 566. The number of hydrogen-bond acceptors (Lipinski definition) is 0. The van der Waals surface area contributed by atoms with Gasteiger partial charge in [0.15, 0.2) is 0 Å². The average molecular weight is 311 g/mol. The van der Waals surface area contributed by atoms with Crippen molar-refractivity contribution in [1.82, 2.24) is 0 Å². The van der Waals surface area contributed by atoms with Gasteiger partial charge in [-0.2, -0.15) is 0 Å². The van der Waals surface area contributed by atoms with Crippen LogP contribution in [0.3, 0.4) is 0 Å². The van der Waals surface area contributed by atoms with Crippen LogP contribution in [0.2, 0.25) is 0 Å². The van der Waals surface area contributed by atoms with Crippen molar-refractivity contribution in [3.63, 3.8) is 0 Å². The Morgan fingerprint density at radius 2 is 1.48 bits per heavy atom. The molecule has 0 aliphatic carbocycles. The van der Waals surface area contributed by atoms with Gasteiger partial charge in [-0.15, -0.1) is 0 Å². The Balaban J connectivity index is 2.01. The van der Waals surface area contributed by atoms with E-state index in [1.54, 1.807) is 0 Å². The minimum Gasteiger partial charge on any atom is -0.247 e. The molecule has 0 saturated heterocycles. The highest BCUT2D eigenvalue weighted by Gasteiger charge is 2.10. The van der Waals surface area contributed by atoms with E-state index in [0.29, 0.717) is 6.42 Å². The van der Waals surface area contributed by atoms with Crippen molar-refractivity contribution < 1.29 is 4.39 Å². The van der Waals surface area contributed by atoms with E-state index in [-0.39, 0.29) is 5.92 Å². The number of hydrogen-bond donors (Lipinski definition) is 0. The summed E-state index contributed by atoms with van der Waals surface area (Å²) in [4.78, 5) is 0. The highest BCUT2D eigenvalue weighted by Crippen LogP contribution is 2.26. The van der Waals surface area contributed by atoms with Gasteiger partial charge in [-0.05, 0) is 54.4 Å². The number of rotatable bonds is 8. The lowest BCUT2D eigenvalue weighted by Gasteiger charge is -2.13. The van der Waals surface area contributed by atoms with Crippen LogP contribution in [0.5, 0.6) is 0 Å². The summed E-state index contributed by atoms with van der Waals surface area (Å²) < 4.78 is 13.0. The monoisotopic (exact) mass is 311 g/mol. The molecule has 0 nitrogen and oxygen atoms in total. The summed E-state index contributed by atoms with van der Waals surface area (Å²) >= 11 is 0. The molecule has 2 aromatic carbocycles. The second kappa shape index (κ2) is 8.86. The number of aryl methyl sites for hydroxylation is 1. The molecule has 0 spiro atoms. The zero-order valence-corrected chi connectivity index (χ0v) is 14.4. The predicted molar refractivity (Wildman–Crippen MR) is 98.4 cm³/mol. The maximum Gasteiger partial charge on any atom is 0.101 e. The second-order valence-corrected chi connectivity index (χ2v) is 6.51. The van der Waals surface area contributed by atoms with Crippen molar-refractivity contribution in [2.24, 2.45) is 0 Å². The van der Waals surface area contributed by atoms with E-state index >= 15 is 0 Å². The molecule has 0 saturated carbocycles. The van der Waals surface area contributed by atoms with Crippen molar-refractivity contribution in [1.29, 1.82) is 0 Å². The van der Waals surface area contributed by atoms with Gasteiger partial charge in [0.2, 0.25) is 0 Å². The van der Waals surface area contributed by atoms with E-state index < -0.39 is 6.17 Å². The third-order valence-corrected chi connectivity index (χ3v) is 4.45. The molecule has 0 N–H and O–H groups in total. The van der Waals surface area contributed by atoms with Gasteiger partial charge in [-0.1, -0.05) is 75.2 Å². The van der Waals surface area contributed by atoms with E-state index in [4.69, 9.17) is 0 Å². The van der Waals surface area contributed by atoms with Crippen molar-refractivity contribution in [2.45, 2.75) is 58.0 Å². The van der Waals surface area contributed by atoms with Gasteiger partial charge in [-0.3, -0.25) is 0 Å². The van der Waals surface area contributed by atoms with Crippen LogP contribution in [-0.4, -0.2) is 6.17 Å². The Hall–Kier alpha value is -1.63. The molecule has 0 aromatic heterocycles. The first-order chi connectivity index (χ1) is 11.1. The lowest BCUT2D eigenvalue weighted by Crippen LogP contribution is -2.01. The zero-order valence-electron chi connectivity index (χ0n) is 14.4. The number of benzene rings is 2. The van der Waals surface area contributed by atoms with E-state index in [1.807, 2.05) is 0 Å². The third kappa shape index (κ3) is 5.49. The first-order valence-electron chi connectivity index (χ1n) is 8.76. The molecular weight excluding hydrogens is 283 g/mol. The molecule has 123 valence electrons. The van der Waals surface area contributed by atoms with Crippen LogP contribution in [0, 0.1) is 6.92 Å². The lowest BCUT2D eigenvalue weighted by molar-refractivity contribution is 0.356. The smallest absolute Gasteiger partial charge is 0.101 e. The Morgan fingerprint density at radius 3 is 2.00 bits per heavy atom. The Morgan fingerprint density at radius 1 is 0.913 bits per heavy atom. The maximum absolute atomic E-state index is 13.0. The van der Waals surface area contributed by atoms with Crippen molar-refractivity contribution in [3.05, 3.63) is 66.6 Å². The van der Waals surface area contributed by atoms with Gasteiger partial charge in [0, 0.05) is 0 Å². The molecule has 0 amide bonds. The predicted octanol–water partition coefficient (Wildman–Crippen LogP) is 6.75. The minimum atomic E-state index is -0.995. The maximum atomic E-state index is 13.0. The molecule has 2 unspecified atom stereocenters. The highest BCUT2D eigenvalue weighted by molar-refractivity contribution is 5.64. The SMILES string of the molecule is [CH2]C(F)CC(C)c1ccc(-c2ccc(CCCCC)cc2)cc1. The quantitative estimate of drug-likeness (QED) is 0.473. The molecule has 1 heteroatoms. The van der Waals surface area contributed by atoms with Gasteiger partial charge >= 0.3 is 0 Å². The van der Waals surface area contributed by atoms with Crippen LogP contribution in [0.4, 0.5) is 4.39 Å². The topological polar surface area (TPSA) is 0 Å². The van der Waals surface area contributed by atoms with E-state index in [1.165, 1.54) is 47.9 Å². The molecule has 0 aliphatic rings. The summed E-state index contributed by atoms with van der Waals surface area (Å²) in [6.45, 7) is 7.73. The van der Waals surface area contributed by atoms with Crippen LogP contribution in [0.1, 0.15) is 56.6 Å². The first kappa shape index (κ1) is 17.7. The summed E-state index contributed by atoms with van der Waals surface area (Å²) in [5.74, 6) is 0.206. The summed E-state index contributed by atoms with van der Waals surface area (Å²) in [5, 5.41) is 0. The fourth-order valence-corrected chi connectivity index (χ4v) is 2.97. The van der Waals surface area contributed by atoms with Crippen molar-refractivity contribution in [3.8, 4) is 11.1 Å². The van der Waals surface area contributed by atoms with Gasteiger partial charge in [0.05, 0.1) is 0 Å². The van der Waals surface area contributed by atoms with Crippen LogP contribution >= 0.6 is 0 Å². The van der Waals surface area contributed by atoms with Gasteiger partial charge in [-0.25, -0.2) is 4.39 Å². The number of unbranched alkanes of at least 4 members (excludes halogenated alkanes) is 2. The Labute approximate surface area is 140 Å². The second-order valence-electron chi connectivity index (χ2n) is 6.51. The number of alkyl halides is 1. The summed E-state index contributed by atoms with van der Waals surface area (Å²) in [7, 11) is 0. The molecule has 0 aliphatic heterocycles. The van der Waals surface area contributed by atoms with Crippen LogP contribution in [-0.2, 0) is 6.42 Å². The van der Waals surface area contributed by atoms with Crippen LogP contribution in [0.15, 0.2) is 48.5 Å². The minimum absolute atomic E-state index is 0.206. The molecule has 2 aromatic rings. The van der Waals surface area contributed by atoms with Gasteiger partial charge in [0.25, 0.3) is 0 Å². The molecule has 2 rings (SSSR count). The normalized spacial score (nSPS) is 13.7. The molecular formula is C22H28F. The lowest BCUT2D eigenvalue weighted by atomic mass is 9.93. The fraction of sp³-hybridized carbons (Fsp3) is 0.409. The van der Waals surface area contributed by atoms with Gasteiger partial charge < -0.3 is 0 Å². The largest absolute Gasteiger partial charge is 0.247 e. The van der Waals surface area contributed by atoms with E-state index in [9.17, 15) is 4.39 Å². The standard InChI is InChI=1S/C22H28F/c1-4-5-6-7-19-8-10-21(11-9-19)22-14-12-20(13-15-22)17(2)16-18(3)23/h8-15,17-18H,3-7,16H2,1-2H3. The third-order valence-electron chi connectivity index (χ3n) is 4.45. The molecule has 2 atom stereocenters. The van der Waals surface area contributed by atoms with Crippen molar-refractivity contribution in [2.75, 3.05) is 0 Å². The molecule has 23 heavy (non-hydrogen) atoms. The van der Waals surface area contributed by atoms with E-state index in [2.05, 4.69) is 69.3 Å². The average Bonchev–Trinajstić information content (AvgIpc) is 2.55. The first-order valence-corrected chi connectivity index (χ1v) is 8.76. The fourth-order valence-electron chi connectivity index (χ4n) is 2.97. The summed E-state index contributed by atoms with van der Waals surface area (Å²) in [5.41, 5.74) is 5.05.